The van der Waals surface area contributed by atoms with E-state index < -0.39 is 10.0 Å². The zero-order chi connectivity index (χ0) is 14.8. The number of nitrogens with zero attached hydrogens (tertiary/aromatic N) is 1. The number of nitrogens with one attached hydrogen (secondary N) is 1. The summed E-state index contributed by atoms with van der Waals surface area (Å²) in [6, 6.07) is 4.87. The summed E-state index contributed by atoms with van der Waals surface area (Å²) in [5, 5.41) is 0.488. The maximum absolute atomic E-state index is 12.3. The van der Waals surface area contributed by atoms with Crippen LogP contribution >= 0.6 is 11.6 Å². The van der Waals surface area contributed by atoms with Crippen molar-refractivity contribution in [3.8, 4) is 0 Å². The van der Waals surface area contributed by atoms with Gasteiger partial charge in [-0.3, -0.25) is 0 Å². The minimum atomic E-state index is -3.51. The van der Waals surface area contributed by atoms with Gasteiger partial charge in [-0.15, -0.1) is 0 Å². The fourth-order valence-electron chi connectivity index (χ4n) is 2.40. The average Bonchev–Trinajstić information content (AvgIpc) is 2.82. The summed E-state index contributed by atoms with van der Waals surface area (Å²) in [6.45, 7) is 1.66. The van der Waals surface area contributed by atoms with Crippen LogP contribution in [0.4, 0.5) is 0 Å². The van der Waals surface area contributed by atoms with Crippen LogP contribution in [-0.4, -0.2) is 39.5 Å². The zero-order valence-corrected chi connectivity index (χ0v) is 13.0. The highest BCUT2D eigenvalue weighted by Gasteiger charge is 2.23. The molecule has 5 nitrogen and oxygen atoms in total. The van der Waals surface area contributed by atoms with Gasteiger partial charge in [0.05, 0.1) is 4.90 Å². The molecule has 112 valence electrons. The summed E-state index contributed by atoms with van der Waals surface area (Å²) in [4.78, 5) is 2.39. The third-order valence-electron chi connectivity index (χ3n) is 3.73. The minimum Gasteiger partial charge on any atom is -0.326 e. The molecule has 1 fully saturated rings. The van der Waals surface area contributed by atoms with E-state index in [1.54, 1.807) is 6.07 Å². The number of hydrogen-bond acceptors (Lipinski definition) is 4. The molecule has 0 aromatic heterocycles. The minimum absolute atomic E-state index is 0.211. The molecule has 20 heavy (non-hydrogen) atoms. The normalized spacial score (nSPS) is 20.4. The average molecular weight is 318 g/mol. The van der Waals surface area contributed by atoms with Gasteiger partial charge < -0.3 is 10.6 Å². The SMILES string of the molecule is CN1CCCC1CNS(=O)(=O)c1ccc(Cl)c(CN)c1. The second-order valence-electron chi connectivity index (χ2n) is 5.09. The smallest absolute Gasteiger partial charge is 0.240 e. The number of nitrogens with two attached hydrogens (primary N) is 1. The van der Waals surface area contributed by atoms with E-state index in [-0.39, 0.29) is 17.5 Å². The van der Waals surface area contributed by atoms with Gasteiger partial charge in [0.1, 0.15) is 0 Å². The van der Waals surface area contributed by atoms with Gasteiger partial charge in [-0.05, 0) is 50.2 Å². The molecule has 0 amide bonds. The number of sulfonamides is 1. The quantitative estimate of drug-likeness (QED) is 0.855. The Bertz CT molecular complexity index is 577. The molecule has 1 aliphatic heterocycles. The van der Waals surface area contributed by atoms with Crippen LogP contribution in [0, 0.1) is 0 Å². The summed E-state index contributed by atoms with van der Waals surface area (Å²) in [5.74, 6) is 0. The summed E-state index contributed by atoms with van der Waals surface area (Å²) >= 11 is 5.94. The van der Waals surface area contributed by atoms with Crippen LogP contribution in [0.3, 0.4) is 0 Å². The second kappa shape index (κ2) is 6.41. The topological polar surface area (TPSA) is 75.4 Å². The molecule has 1 heterocycles. The summed E-state index contributed by atoms with van der Waals surface area (Å²) in [6.07, 6.45) is 2.13. The van der Waals surface area contributed by atoms with Gasteiger partial charge in [0.25, 0.3) is 0 Å². The number of benzene rings is 1. The molecule has 1 aromatic carbocycles. The van der Waals surface area contributed by atoms with Gasteiger partial charge in [0, 0.05) is 24.2 Å². The molecule has 0 saturated carbocycles. The maximum atomic E-state index is 12.3. The lowest BCUT2D eigenvalue weighted by molar-refractivity contribution is 0.311. The van der Waals surface area contributed by atoms with Gasteiger partial charge in [-0.25, -0.2) is 13.1 Å². The predicted octanol–water partition coefficient (Wildman–Crippen LogP) is 1.17. The number of halogens is 1. The third kappa shape index (κ3) is 3.51. The van der Waals surface area contributed by atoms with Crippen molar-refractivity contribution in [2.75, 3.05) is 20.1 Å². The second-order valence-corrected chi connectivity index (χ2v) is 7.26. The molecule has 1 aliphatic rings. The van der Waals surface area contributed by atoms with E-state index in [9.17, 15) is 8.42 Å². The van der Waals surface area contributed by atoms with Gasteiger partial charge in [0.2, 0.25) is 10.0 Å². The summed E-state index contributed by atoms with van der Waals surface area (Å²) in [5.41, 5.74) is 6.18. The molecular weight excluding hydrogens is 298 g/mol. The van der Waals surface area contributed by atoms with Crippen molar-refractivity contribution >= 4 is 21.6 Å². The van der Waals surface area contributed by atoms with E-state index in [1.807, 2.05) is 7.05 Å². The third-order valence-corrected chi connectivity index (χ3v) is 5.52. The van der Waals surface area contributed by atoms with Crippen molar-refractivity contribution in [1.29, 1.82) is 0 Å². The Morgan fingerprint density at radius 3 is 2.85 bits per heavy atom. The monoisotopic (exact) mass is 317 g/mol. The van der Waals surface area contributed by atoms with Gasteiger partial charge in [-0.1, -0.05) is 11.6 Å². The van der Waals surface area contributed by atoms with Crippen molar-refractivity contribution in [2.24, 2.45) is 5.73 Å². The lowest BCUT2D eigenvalue weighted by Gasteiger charge is -2.19. The Labute approximate surface area is 125 Å². The van der Waals surface area contributed by atoms with Crippen molar-refractivity contribution < 1.29 is 8.42 Å². The number of likely N-dealkylation sites (tertiary alicyclic amines) is 1. The summed E-state index contributed by atoms with van der Waals surface area (Å²) in [7, 11) is -1.50. The highest BCUT2D eigenvalue weighted by atomic mass is 35.5. The van der Waals surface area contributed by atoms with Crippen LogP contribution in [0.2, 0.25) is 5.02 Å². The molecule has 3 N–H and O–H groups in total. The number of rotatable bonds is 5. The first kappa shape index (κ1) is 15.7. The molecule has 0 bridgehead atoms. The molecule has 1 atom stereocenters. The number of hydrogen-bond donors (Lipinski definition) is 2. The first-order valence-electron chi connectivity index (χ1n) is 6.62. The molecule has 1 aromatic rings. The van der Waals surface area contributed by atoms with E-state index >= 15 is 0 Å². The Balaban J connectivity index is 2.10. The van der Waals surface area contributed by atoms with Crippen LogP contribution in [0.1, 0.15) is 18.4 Å². The van der Waals surface area contributed by atoms with E-state index in [1.165, 1.54) is 12.1 Å². The predicted molar refractivity (Wildman–Crippen MR) is 80.2 cm³/mol. The Kier molecular flexibility index (Phi) is 5.04. The molecule has 0 radical (unpaired) electrons. The first-order chi connectivity index (χ1) is 9.44. The molecule has 7 heteroatoms. The molecule has 0 spiro atoms. The van der Waals surface area contributed by atoms with Gasteiger partial charge >= 0.3 is 0 Å². The van der Waals surface area contributed by atoms with Crippen molar-refractivity contribution in [2.45, 2.75) is 30.3 Å². The van der Waals surface area contributed by atoms with Crippen molar-refractivity contribution in [1.82, 2.24) is 9.62 Å². The molecule has 1 saturated heterocycles. The fraction of sp³-hybridized carbons (Fsp3) is 0.538. The lowest BCUT2D eigenvalue weighted by atomic mass is 10.2. The van der Waals surface area contributed by atoms with E-state index in [2.05, 4.69) is 9.62 Å². The molecule has 1 unspecified atom stereocenters. The fourth-order valence-corrected chi connectivity index (χ4v) is 3.72. The van der Waals surface area contributed by atoms with Crippen LogP contribution in [0.15, 0.2) is 23.1 Å². The first-order valence-corrected chi connectivity index (χ1v) is 8.48. The molecule has 0 aliphatic carbocycles. The Hall–Kier alpha value is -0.660. The number of likely N-dealkylation sites (N-methyl/N-ethyl adjacent to an activating group) is 1. The highest BCUT2D eigenvalue weighted by molar-refractivity contribution is 7.89. The van der Waals surface area contributed by atoms with Crippen LogP contribution < -0.4 is 10.5 Å². The molecule has 2 rings (SSSR count). The summed E-state index contributed by atoms with van der Waals surface area (Å²) < 4.78 is 27.2. The van der Waals surface area contributed by atoms with Crippen LogP contribution in [0.5, 0.6) is 0 Å². The Morgan fingerprint density at radius 1 is 1.50 bits per heavy atom. The molecular formula is C13H20ClN3O2S. The largest absolute Gasteiger partial charge is 0.326 e. The maximum Gasteiger partial charge on any atom is 0.240 e. The lowest BCUT2D eigenvalue weighted by Crippen LogP contribution is -2.38. The van der Waals surface area contributed by atoms with Crippen molar-refractivity contribution in [3.63, 3.8) is 0 Å². The Morgan fingerprint density at radius 2 is 2.25 bits per heavy atom. The van der Waals surface area contributed by atoms with E-state index in [0.717, 1.165) is 19.4 Å². The van der Waals surface area contributed by atoms with Gasteiger partial charge in [-0.2, -0.15) is 0 Å². The zero-order valence-electron chi connectivity index (χ0n) is 11.5. The highest BCUT2D eigenvalue weighted by Crippen LogP contribution is 2.20. The van der Waals surface area contributed by atoms with Gasteiger partial charge in [0.15, 0.2) is 0 Å². The van der Waals surface area contributed by atoms with Crippen molar-refractivity contribution in [3.05, 3.63) is 28.8 Å². The van der Waals surface area contributed by atoms with E-state index in [0.29, 0.717) is 17.1 Å². The van der Waals surface area contributed by atoms with Crippen LogP contribution in [-0.2, 0) is 16.6 Å². The standard InChI is InChI=1S/C13H20ClN3O2S/c1-17-6-2-3-11(17)9-16-20(18,19)12-4-5-13(14)10(7-12)8-15/h4-5,7,11,16H,2-3,6,8-9,15H2,1H3. The van der Waals surface area contributed by atoms with E-state index in [4.69, 9.17) is 17.3 Å². The van der Waals surface area contributed by atoms with Crippen LogP contribution in [0.25, 0.3) is 0 Å².